The Bertz CT molecular complexity index is 1010. The maximum Gasteiger partial charge on any atom is 0.251 e. The van der Waals surface area contributed by atoms with Crippen LogP contribution in [0, 0.1) is 0 Å². The van der Waals surface area contributed by atoms with Crippen LogP contribution in [-0.2, 0) is 20.8 Å². The highest BCUT2D eigenvalue weighted by molar-refractivity contribution is 6.10. The van der Waals surface area contributed by atoms with Gasteiger partial charge in [-0.05, 0) is 62.2 Å². The summed E-state index contributed by atoms with van der Waals surface area (Å²) in [6.45, 7) is 6.37. The number of nitrogens with one attached hydrogen (secondary N) is 3. The predicted octanol–water partition coefficient (Wildman–Crippen LogP) is 3.93. The van der Waals surface area contributed by atoms with Crippen LogP contribution in [0.4, 0.5) is 17.1 Å². The number of amides is 3. The first-order chi connectivity index (χ1) is 14.2. The molecule has 3 amide bonds. The third-order valence-electron chi connectivity index (χ3n) is 4.32. The smallest absolute Gasteiger partial charge is 0.251 e. The van der Waals surface area contributed by atoms with Crippen LogP contribution >= 0.6 is 0 Å². The van der Waals surface area contributed by atoms with Gasteiger partial charge in [0.05, 0.1) is 0 Å². The van der Waals surface area contributed by atoms with E-state index in [4.69, 9.17) is 0 Å². The van der Waals surface area contributed by atoms with Crippen LogP contribution in [0.25, 0.3) is 0 Å². The molecule has 0 atom stereocenters. The van der Waals surface area contributed by atoms with E-state index < -0.39 is 11.8 Å². The highest BCUT2D eigenvalue weighted by Gasteiger charge is 2.11. The van der Waals surface area contributed by atoms with Crippen molar-refractivity contribution < 1.29 is 19.2 Å². The van der Waals surface area contributed by atoms with Crippen LogP contribution < -0.4 is 16.0 Å². The van der Waals surface area contributed by atoms with Crippen molar-refractivity contribution in [3.8, 4) is 0 Å². The molecule has 0 bridgehead atoms. The topological polar surface area (TPSA) is 104 Å². The summed E-state index contributed by atoms with van der Waals surface area (Å²) in [4.78, 5) is 47.3. The van der Waals surface area contributed by atoms with Crippen molar-refractivity contribution in [3.05, 3.63) is 65.2 Å². The summed E-state index contributed by atoms with van der Waals surface area (Å²) >= 11 is 0. The summed E-state index contributed by atoms with van der Waals surface area (Å²) in [6.07, 6.45) is 1.90. The number of hydrogen-bond donors (Lipinski definition) is 3. The van der Waals surface area contributed by atoms with Crippen LogP contribution in [0.5, 0.6) is 0 Å². The summed E-state index contributed by atoms with van der Waals surface area (Å²) < 4.78 is 0. The van der Waals surface area contributed by atoms with Crippen molar-refractivity contribution in [2.75, 3.05) is 16.0 Å². The molecule has 0 unspecified atom stereocenters. The second kappa shape index (κ2) is 10.2. The van der Waals surface area contributed by atoms with Crippen molar-refractivity contribution in [3.63, 3.8) is 0 Å². The highest BCUT2D eigenvalue weighted by atomic mass is 16.2. The van der Waals surface area contributed by atoms with Crippen LogP contribution in [0.1, 0.15) is 43.6 Å². The third-order valence-corrected chi connectivity index (χ3v) is 4.32. The van der Waals surface area contributed by atoms with Gasteiger partial charge in [0, 0.05) is 41.2 Å². The van der Waals surface area contributed by atoms with Gasteiger partial charge in [0.15, 0.2) is 5.78 Å². The molecule has 0 aromatic heterocycles. The molecule has 2 aromatic carbocycles. The number of aryl methyl sites for hydroxylation is 1. The number of rotatable bonds is 7. The quantitative estimate of drug-likeness (QED) is 0.478. The molecule has 0 aliphatic heterocycles. The predicted molar refractivity (Wildman–Crippen MR) is 118 cm³/mol. The lowest BCUT2D eigenvalue weighted by atomic mass is 10.1. The molecule has 156 valence electrons. The number of carbonyl (C=O) groups is 4. The van der Waals surface area contributed by atoms with Crippen LogP contribution in [0.3, 0.4) is 0 Å². The van der Waals surface area contributed by atoms with Gasteiger partial charge in [0.25, 0.3) is 5.91 Å². The van der Waals surface area contributed by atoms with Crippen molar-refractivity contribution in [1.82, 2.24) is 0 Å². The Balaban J connectivity index is 2.08. The van der Waals surface area contributed by atoms with Crippen molar-refractivity contribution in [1.29, 1.82) is 0 Å². The lowest BCUT2D eigenvalue weighted by Crippen LogP contribution is -2.17. The van der Waals surface area contributed by atoms with Gasteiger partial charge in [-0.25, -0.2) is 0 Å². The van der Waals surface area contributed by atoms with Crippen LogP contribution in [-0.4, -0.2) is 23.5 Å². The van der Waals surface area contributed by atoms with Gasteiger partial charge in [0.2, 0.25) is 11.8 Å². The van der Waals surface area contributed by atoms with Gasteiger partial charge in [0.1, 0.15) is 0 Å². The van der Waals surface area contributed by atoms with E-state index >= 15 is 0 Å². The SMILES string of the molecule is CCc1ccc(NC(C)=O)cc1NC(=O)/C(C)=C\C(=O)Nc1ccc(C(C)=O)cc1. The number of Topliss-reactive ketones (excluding diaryl/α,β-unsaturated/α-hetero) is 1. The van der Waals surface area contributed by atoms with Gasteiger partial charge < -0.3 is 16.0 Å². The molecule has 0 aliphatic rings. The molecule has 2 aromatic rings. The molecule has 0 aliphatic carbocycles. The molecule has 0 heterocycles. The summed E-state index contributed by atoms with van der Waals surface area (Å²) in [5, 5.41) is 8.12. The number of hydrogen-bond acceptors (Lipinski definition) is 4. The number of ketones is 1. The molecule has 0 spiro atoms. The fourth-order valence-electron chi connectivity index (χ4n) is 2.73. The molecule has 2 rings (SSSR count). The van der Waals surface area contributed by atoms with E-state index in [9.17, 15) is 19.2 Å². The first kappa shape index (κ1) is 22.5. The molecular weight excluding hydrogens is 382 g/mol. The minimum absolute atomic E-state index is 0.0608. The average molecular weight is 407 g/mol. The standard InChI is InChI=1S/C23H25N3O4/c1-5-17-6-11-20(24-16(4)28)13-21(17)26-23(30)14(2)12-22(29)25-19-9-7-18(8-10-19)15(3)27/h6-13H,5H2,1-4H3,(H,24,28)(H,25,29)(H,26,30)/b14-12-. The number of benzene rings is 2. The van der Waals surface area contributed by atoms with Gasteiger partial charge in [-0.1, -0.05) is 13.0 Å². The lowest BCUT2D eigenvalue weighted by Gasteiger charge is -2.13. The Kier molecular flexibility index (Phi) is 7.63. The molecular formula is C23H25N3O4. The van der Waals surface area contributed by atoms with Crippen molar-refractivity contribution in [2.45, 2.75) is 34.1 Å². The van der Waals surface area contributed by atoms with E-state index in [1.54, 1.807) is 36.4 Å². The second-order valence-electron chi connectivity index (χ2n) is 6.81. The first-order valence-corrected chi connectivity index (χ1v) is 9.51. The molecule has 7 nitrogen and oxygen atoms in total. The Morgan fingerprint density at radius 1 is 0.833 bits per heavy atom. The monoisotopic (exact) mass is 407 g/mol. The van der Waals surface area contributed by atoms with Crippen LogP contribution in [0.2, 0.25) is 0 Å². The van der Waals surface area contributed by atoms with Crippen LogP contribution in [0.15, 0.2) is 54.1 Å². The third kappa shape index (κ3) is 6.41. The van der Waals surface area contributed by atoms with Gasteiger partial charge in [-0.3, -0.25) is 19.2 Å². The molecule has 0 saturated carbocycles. The highest BCUT2D eigenvalue weighted by Crippen LogP contribution is 2.22. The maximum atomic E-state index is 12.5. The number of anilines is 3. The van der Waals surface area contributed by atoms with E-state index in [0.29, 0.717) is 29.0 Å². The molecule has 0 radical (unpaired) electrons. The van der Waals surface area contributed by atoms with E-state index in [1.165, 1.54) is 26.8 Å². The number of carbonyl (C=O) groups excluding carboxylic acids is 4. The Hall–Kier alpha value is -3.74. The zero-order valence-corrected chi connectivity index (χ0v) is 17.5. The van der Waals surface area contributed by atoms with Crippen molar-refractivity contribution in [2.24, 2.45) is 0 Å². The fourth-order valence-corrected chi connectivity index (χ4v) is 2.73. The van der Waals surface area contributed by atoms with E-state index in [-0.39, 0.29) is 17.3 Å². The van der Waals surface area contributed by atoms with Crippen molar-refractivity contribution >= 4 is 40.6 Å². The molecule has 0 saturated heterocycles. The zero-order valence-electron chi connectivity index (χ0n) is 17.5. The largest absolute Gasteiger partial charge is 0.326 e. The van der Waals surface area contributed by atoms with E-state index in [2.05, 4.69) is 16.0 Å². The Morgan fingerprint density at radius 3 is 2.03 bits per heavy atom. The normalized spacial score (nSPS) is 10.9. The van der Waals surface area contributed by atoms with Gasteiger partial charge in [-0.2, -0.15) is 0 Å². The minimum atomic E-state index is -0.457. The summed E-state index contributed by atoms with van der Waals surface area (Å²) in [5.74, 6) is -1.15. The van der Waals surface area contributed by atoms with E-state index in [0.717, 1.165) is 5.56 Å². The molecule has 0 fully saturated rings. The van der Waals surface area contributed by atoms with Gasteiger partial charge >= 0.3 is 0 Å². The second-order valence-corrected chi connectivity index (χ2v) is 6.81. The summed E-state index contributed by atoms with van der Waals surface area (Å²) in [6, 6.07) is 11.8. The summed E-state index contributed by atoms with van der Waals surface area (Å²) in [7, 11) is 0. The first-order valence-electron chi connectivity index (χ1n) is 9.51. The maximum absolute atomic E-state index is 12.5. The Labute approximate surface area is 175 Å². The summed E-state index contributed by atoms with van der Waals surface area (Å²) in [5.41, 5.74) is 3.34. The van der Waals surface area contributed by atoms with Gasteiger partial charge in [-0.15, -0.1) is 0 Å². The average Bonchev–Trinajstić information content (AvgIpc) is 2.68. The Morgan fingerprint density at radius 2 is 1.47 bits per heavy atom. The molecule has 7 heteroatoms. The lowest BCUT2D eigenvalue weighted by molar-refractivity contribution is -0.114. The molecule has 3 N–H and O–H groups in total. The van der Waals surface area contributed by atoms with E-state index in [1.807, 2.05) is 13.0 Å². The molecule has 30 heavy (non-hydrogen) atoms. The zero-order chi connectivity index (χ0) is 22.3. The minimum Gasteiger partial charge on any atom is -0.326 e. The fraction of sp³-hybridized carbons (Fsp3) is 0.217.